The van der Waals surface area contributed by atoms with Crippen molar-refractivity contribution in [2.24, 2.45) is 5.92 Å². The summed E-state index contributed by atoms with van der Waals surface area (Å²) in [5, 5.41) is 6.14. The van der Waals surface area contributed by atoms with Gasteiger partial charge in [0.2, 0.25) is 5.91 Å². The molecule has 2 aromatic rings. The summed E-state index contributed by atoms with van der Waals surface area (Å²) < 4.78 is 0. The Labute approximate surface area is 178 Å². The Bertz CT molecular complexity index is 838. The fourth-order valence-corrected chi connectivity index (χ4v) is 3.34. The summed E-state index contributed by atoms with van der Waals surface area (Å²) in [5.74, 6) is -0.597. The van der Waals surface area contributed by atoms with Gasteiger partial charge in [-0.25, -0.2) is 0 Å². The van der Waals surface area contributed by atoms with Crippen LogP contribution in [0, 0.1) is 12.8 Å². The summed E-state index contributed by atoms with van der Waals surface area (Å²) in [6.45, 7) is 9.99. The monoisotopic (exact) mass is 415 g/mol. The average molecular weight is 416 g/mol. The maximum atomic E-state index is 12.7. The van der Waals surface area contributed by atoms with Crippen molar-refractivity contribution in [2.75, 3.05) is 24.5 Å². The van der Waals surface area contributed by atoms with Crippen molar-refractivity contribution in [3.05, 3.63) is 64.7 Å². The normalized spacial score (nSPS) is 11.8. The number of nitrogens with one attached hydrogen (secondary N) is 2. The summed E-state index contributed by atoms with van der Waals surface area (Å²) in [6.07, 6.45) is 0. The average Bonchev–Trinajstić information content (AvgIpc) is 2.69. The smallest absolute Gasteiger partial charge is 0.253 e. The molecule has 0 aliphatic heterocycles. The number of amides is 2. The van der Waals surface area contributed by atoms with Crippen LogP contribution in [0.1, 0.15) is 36.7 Å². The molecule has 2 amide bonds. The van der Waals surface area contributed by atoms with Gasteiger partial charge in [0.25, 0.3) is 5.91 Å². The molecule has 0 heterocycles. The van der Waals surface area contributed by atoms with Gasteiger partial charge < -0.3 is 15.5 Å². The molecule has 0 aromatic heterocycles. The third-order valence-electron chi connectivity index (χ3n) is 4.78. The highest BCUT2D eigenvalue weighted by molar-refractivity contribution is 6.33. The Morgan fingerprint density at radius 3 is 2.45 bits per heavy atom. The van der Waals surface area contributed by atoms with Crippen LogP contribution < -0.4 is 15.5 Å². The first-order valence-corrected chi connectivity index (χ1v) is 10.4. The molecule has 6 heteroatoms. The van der Waals surface area contributed by atoms with E-state index < -0.39 is 6.04 Å². The quantitative estimate of drug-likeness (QED) is 0.649. The van der Waals surface area contributed by atoms with E-state index in [1.54, 1.807) is 24.3 Å². The number of carbonyl (C=O) groups excluding carboxylic acids is 2. The molecule has 5 nitrogen and oxygen atoms in total. The van der Waals surface area contributed by atoms with Gasteiger partial charge in [-0.05, 0) is 49.6 Å². The predicted octanol–water partition coefficient (Wildman–Crippen LogP) is 4.05. The molecule has 0 saturated heterocycles. The summed E-state index contributed by atoms with van der Waals surface area (Å²) in [7, 11) is 0. The Balaban J connectivity index is 1.95. The standard InChI is InChI=1S/C23H30ClN3O2/c1-5-27(18-10-8-9-17(4)15-18)14-13-25-23(29)21(16(2)3)26-22(28)19-11-6-7-12-20(19)24/h6-12,15-16,21H,5,13-14H2,1-4H3,(H,25,29)(H,26,28). The first kappa shape index (κ1) is 22.8. The molecule has 2 rings (SSSR count). The molecule has 0 spiro atoms. The number of nitrogens with zero attached hydrogens (tertiary/aromatic N) is 1. The second kappa shape index (κ2) is 10.9. The van der Waals surface area contributed by atoms with Gasteiger partial charge in [-0.15, -0.1) is 0 Å². The van der Waals surface area contributed by atoms with E-state index in [-0.39, 0.29) is 17.7 Å². The van der Waals surface area contributed by atoms with Crippen molar-refractivity contribution >= 4 is 29.1 Å². The number of hydrogen-bond donors (Lipinski definition) is 2. The SMILES string of the molecule is CCN(CCNC(=O)C(NC(=O)c1ccccc1Cl)C(C)C)c1cccc(C)c1. The molecule has 2 N–H and O–H groups in total. The molecule has 1 atom stereocenters. The van der Waals surface area contributed by atoms with Gasteiger partial charge in [0.15, 0.2) is 0 Å². The predicted molar refractivity (Wildman–Crippen MR) is 120 cm³/mol. The van der Waals surface area contributed by atoms with Crippen LogP contribution in [0.5, 0.6) is 0 Å². The number of likely N-dealkylation sites (N-methyl/N-ethyl adjacent to an activating group) is 1. The van der Waals surface area contributed by atoms with Crippen LogP contribution >= 0.6 is 11.6 Å². The molecule has 29 heavy (non-hydrogen) atoms. The van der Waals surface area contributed by atoms with Crippen molar-refractivity contribution in [2.45, 2.75) is 33.7 Å². The van der Waals surface area contributed by atoms with E-state index in [0.717, 1.165) is 12.2 Å². The van der Waals surface area contributed by atoms with Crippen molar-refractivity contribution in [1.29, 1.82) is 0 Å². The third-order valence-corrected chi connectivity index (χ3v) is 5.11. The summed E-state index contributed by atoms with van der Waals surface area (Å²) in [6, 6.07) is 14.5. The molecular formula is C23H30ClN3O2. The van der Waals surface area contributed by atoms with Gasteiger partial charge in [-0.1, -0.05) is 49.7 Å². The highest BCUT2D eigenvalue weighted by Crippen LogP contribution is 2.16. The Hall–Kier alpha value is -2.53. The van der Waals surface area contributed by atoms with Gasteiger partial charge >= 0.3 is 0 Å². The van der Waals surface area contributed by atoms with Crippen LogP contribution in [0.25, 0.3) is 0 Å². The molecule has 0 fully saturated rings. The van der Waals surface area contributed by atoms with Crippen LogP contribution in [-0.2, 0) is 4.79 Å². The van der Waals surface area contributed by atoms with Crippen LogP contribution in [0.2, 0.25) is 5.02 Å². The Morgan fingerprint density at radius 1 is 1.10 bits per heavy atom. The highest BCUT2D eigenvalue weighted by atomic mass is 35.5. The van der Waals surface area contributed by atoms with E-state index >= 15 is 0 Å². The lowest BCUT2D eigenvalue weighted by molar-refractivity contribution is -0.123. The molecule has 2 aromatic carbocycles. The maximum absolute atomic E-state index is 12.7. The fraction of sp³-hybridized carbons (Fsp3) is 0.391. The van der Waals surface area contributed by atoms with Crippen molar-refractivity contribution in [3.63, 3.8) is 0 Å². The van der Waals surface area contributed by atoms with Gasteiger partial charge in [0.05, 0.1) is 10.6 Å². The number of benzene rings is 2. The zero-order chi connectivity index (χ0) is 21.4. The van der Waals surface area contributed by atoms with Gasteiger partial charge in [0, 0.05) is 25.3 Å². The largest absolute Gasteiger partial charge is 0.370 e. The number of anilines is 1. The fourth-order valence-electron chi connectivity index (χ4n) is 3.12. The molecule has 0 saturated carbocycles. The molecule has 0 aliphatic rings. The number of carbonyl (C=O) groups is 2. The minimum atomic E-state index is -0.632. The molecule has 0 bridgehead atoms. The van der Waals surface area contributed by atoms with Gasteiger partial charge in [-0.3, -0.25) is 9.59 Å². The zero-order valence-corrected chi connectivity index (χ0v) is 18.3. The second-order valence-corrected chi connectivity index (χ2v) is 7.79. The lowest BCUT2D eigenvalue weighted by Crippen LogP contribution is -2.51. The highest BCUT2D eigenvalue weighted by Gasteiger charge is 2.25. The number of rotatable bonds is 9. The van der Waals surface area contributed by atoms with E-state index in [4.69, 9.17) is 11.6 Å². The lowest BCUT2D eigenvalue weighted by atomic mass is 10.0. The van der Waals surface area contributed by atoms with Gasteiger partial charge in [0.1, 0.15) is 6.04 Å². The maximum Gasteiger partial charge on any atom is 0.253 e. The molecule has 1 unspecified atom stereocenters. The van der Waals surface area contributed by atoms with E-state index in [0.29, 0.717) is 23.7 Å². The zero-order valence-electron chi connectivity index (χ0n) is 17.5. The number of hydrogen-bond acceptors (Lipinski definition) is 3. The molecule has 0 radical (unpaired) electrons. The molecule has 156 valence electrons. The minimum Gasteiger partial charge on any atom is -0.370 e. The van der Waals surface area contributed by atoms with Crippen molar-refractivity contribution in [1.82, 2.24) is 10.6 Å². The van der Waals surface area contributed by atoms with Crippen LogP contribution in [0.15, 0.2) is 48.5 Å². The number of aryl methyl sites for hydroxylation is 1. The van der Waals surface area contributed by atoms with Crippen LogP contribution in [-0.4, -0.2) is 37.5 Å². The number of halogens is 1. The van der Waals surface area contributed by atoms with Crippen molar-refractivity contribution in [3.8, 4) is 0 Å². The topological polar surface area (TPSA) is 61.4 Å². The Morgan fingerprint density at radius 2 is 1.83 bits per heavy atom. The molecule has 0 aliphatic carbocycles. The van der Waals surface area contributed by atoms with Crippen molar-refractivity contribution < 1.29 is 9.59 Å². The summed E-state index contributed by atoms with van der Waals surface area (Å²) in [4.78, 5) is 27.5. The summed E-state index contributed by atoms with van der Waals surface area (Å²) in [5.41, 5.74) is 2.70. The van der Waals surface area contributed by atoms with E-state index in [9.17, 15) is 9.59 Å². The van der Waals surface area contributed by atoms with E-state index in [1.165, 1.54) is 5.56 Å². The minimum absolute atomic E-state index is 0.0551. The first-order chi connectivity index (χ1) is 13.8. The van der Waals surface area contributed by atoms with E-state index in [2.05, 4.69) is 47.6 Å². The second-order valence-electron chi connectivity index (χ2n) is 7.38. The first-order valence-electron chi connectivity index (χ1n) is 9.98. The van der Waals surface area contributed by atoms with Crippen LogP contribution in [0.4, 0.5) is 5.69 Å². The van der Waals surface area contributed by atoms with Gasteiger partial charge in [-0.2, -0.15) is 0 Å². The molecular weight excluding hydrogens is 386 g/mol. The van der Waals surface area contributed by atoms with E-state index in [1.807, 2.05) is 19.9 Å². The summed E-state index contributed by atoms with van der Waals surface area (Å²) >= 11 is 6.10. The lowest BCUT2D eigenvalue weighted by Gasteiger charge is -2.25. The van der Waals surface area contributed by atoms with Crippen LogP contribution in [0.3, 0.4) is 0 Å². The third kappa shape index (κ3) is 6.50. The Kier molecular flexibility index (Phi) is 8.52.